The summed E-state index contributed by atoms with van der Waals surface area (Å²) in [6.45, 7) is 5.00. The molecule has 0 aliphatic carbocycles. The average molecular weight is 235 g/mol. The second-order valence-corrected chi connectivity index (χ2v) is 3.79. The van der Waals surface area contributed by atoms with Gasteiger partial charge in [0, 0.05) is 31.8 Å². The molecule has 0 amide bonds. The molecule has 4 nitrogen and oxygen atoms in total. The Kier molecular flexibility index (Phi) is 6.10. The SMILES string of the molecule is CCOCCN(CCC(=N)N)c1ccccc1. The number of anilines is 1. The minimum absolute atomic E-state index is 0.224. The van der Waals surface area contributed by atoms with Crippen molar-refractivity contribution >= 4 is 11.5 Å². The first-order valence-electron chi connectivity index (χ1n) is 5.94. The van der Waals surface area contributed by atoms with E-state index in [4.69, 9.17) is 15.9 Å². The van der Waals surface area contributed by atoms with Gasteiger partial charge in [-0.15, -0.1) is 0 Å². The largest absolute Gasteiger partial charge is 0.388 e. The van der Waals surface area contributed by atoms with E-state index in [2.05, 4.69) is 17.0 Å². The summed E-state index contributed by atoms with van der Waals surface area (Å²) in [5.74, 6) is 0.224. The van der Waals surface area contributed by atoms with Crippen LogP contribution in [0.5, 0.6) is 0 Å². The zero-order valence-corrected chi connectivity index (χ0v) is 10.4. The molecular formula is C13H21N3O. The van der Waals surface area contributed by atoms with Crippen molar-refractivity contribution < 1.29 is 4.74 Å². The predicted molar refractivity (Wildman–Crippen MR) is 71.7 cm³/mol. The Hall–Kier alpha value is -1.55. The third-order valence-electron chi connectivity index (χ3n) is 2.48. The van der Waals surface area contributed by atoms with Crippen molar-refractivity contribution in [1.82, 2.24) is 0 Å². The molecule has 1 aromatic rings. The van der Waals surface area contributed by atoms with Gasteiger partial charge in [0.1, 0.15) is 0 Å². The highest BCUT2D eigenvalue weighted by Gasteiger charge is 2.06. The molecule has 1 rings (SSSR count). The Balaban J connectivity index is 2.55. The van der Waals surface area contributed by atoms with E-state index in [9.17, 15) is 0 Å². The van der Waals surface area contributed by atoms with Gasteiger partial charge in [-0.05, 0) is 19.1 Å². The molecular weight excluding hydrogens is 214 g/mol. The molecule has 3 N–H and O–H groups in total. The topological polar surface area (TPSA) is 62.3 Å². The lowest BCUT2D eigenvalue weighted by atomic mass is 10.2. The highest BCUT2D eigenvalue weighted by atomic mass is 16.5. The molecule has 0 heterocycles. The lowest BCUT2D eigenvalue weighted by Crippen LogP contribution is -2.31. The van der Waals surface area contributed by atoms with Gasteiger partial charge in [-0.3, -0.25) is 5.41 Å². The summed E-state index contributed by atoms with van der Waals surface area (Å²) >= 11 is 0. The number of nitrogens with zero attached hydrogens (tertiary/aromatic N) is 1. The van der Waals surface area contributed by atoms with Gasteiger partial charge in [0.05, 0.1) is 12.4 Å². The van der Waals surface area contributed by atoms with Crippen LogP contribution in [0.25, 0.3) is 0 Å². The third kappa shape index (κ3) is 5.36. The van der Waals surface area contributed by atoms with Crippen LogP contribution >= 0.6 is 0 Å². The van der Waals surface area contributed by atoms with Crippen LogP contribution in [0.4, 0.5) is 5.69 Å². The van der Waals surface area contributed by atoms with Gasteiger partial charge in [0.2, 0.25) is 0 Å². The van der Waals surface area contributed by atoms with E-state index in [0.717, 1.165) is 25.4 Å². The van der Waals surface area contributed by atoms with Crippen LogP contribution in [0.3, 0.4) is 0 Å². The number of ether oxygens (including phenoxy) is 1. The Bertz CT molecular complexity index is 327. The molecule has 0 bridgehead atoms. The van der Waals surface area contributed by atoms with Gasteiger partial charge in [-0.1, -0.05) is 18.2 Å². The van der Waals surface area contributed by atoms with Crippen LogP contribution in [0.2, 0.25) is 0 Å². The minimum atomic E-state index is 0.224. The van der Waals surface area contributed by atoms with E-state index in [1.807, 2.05) is 25.1 Å². The summed E-state index contributed by atoms with van der Waals surface area (Å²) in [5.41, 5.74) is 6.55. The summed E-state index contributed by atoms with van der Waals surface area (Å²) in [7, 11) is 0. The number of hydrogen-bond donors (Lipinski definition) is 2. The normalized spacial score (nSPS) is 10.2. The lowest BCUT2D eigenvalue weighted by Gasteiger charge is -2.24. The molecule has 0 unspecified atom stereocenters. The Labute approximate surface area is 103 Å². The molecule has 0 aromatic heterocycles. The summed E-state index contributed by atoms with van der Waals surface area (Å²) in [6.07, 6.45) is 0.584. The Morgan fingerprint density at radius 3 is 2.59 bits per heavy atom. The molecule has 0 aliphatic rings. The minimum Gasteiger partial charge on any atom is -0.388 e. The smallest absolute Gasteiger partial charge is 0.0923 e. The average Bonchev–Trinajstić information content (AvgIpc) is 2.34. The molecule has 94 valence electrons. The quantitative estimate of drug-likeness (QED) is 0.410. The number of nitrogens with two attached hydrogens (primary N) is 1. The number of amidine groups is 1. The van der Waals surface area contributed by atoms with Crippen molar-refractivity contribution in [1.29, 1.82) is 5.41 Å². The molecule has 0 atom stereocenters. The van der Waals surface area contributed by atoms with E-state index < -0.39 is 0 Å². The van der Waals surface area contributed by atoms with Gasteiger partial charge in [0.15, 0.2) is 0 Å². The molecule has 0 aliphatic heterocycles. The van der Waals surface area contributed by atoms with Crippen molar-refractivity contribution in [2.45, 2.75) is 13.3 Å². The van der Waals surface area contributed by atoms with Crippen molar-refractivity contribution in [3.05, 3.63) is 30.3 Å². The number of nitrogens with one attached hydrogen (secondary N) is 1. The number of hydrogen-bond acceptors (Lipinski definition) is 3. The first-order chi connectivity index (χ1) is 8.24. The molecule has 0 fully saturated rings. The molecule has 0 spiro atoms. The molecule has 17 heavy (non-hydrogen) atoms. The zero-order valence-electron chi connectivity index (χ0n) is 10.4. The fourth-order valence-corrected chi connectivity index (χ4v) is 1.58. The van der Waals surface area contributed by atoms with Gasteiger partial charge >= 0.3 is 0 Å². The van der Waals surface area contributed by atoms with Crippen molar-refractivity contribution in [3.63, 3.8) is 0 Å². The fourth-order valence-electron chi connectivity index (χ4n) is 1.58. The van der Waals surface area contributed by atoms with E-state index >= 15 is 0 Å². The maximum Gasteiger partial charge on any atom is 0.0923 e. The maximum absolute atomic E-state index is 7.28. The van der Waals surface area contributed by atoms with E-state index in [1.165, 1.54) is 0 Å². The summed E-state index contributed by atoms with van der Waals surface area (Å²) in [6, 6.07) is 10.1. The van der Waals surface area contributed by atoms with Crippen molar-refractivity contribution in [2.75, 3.05) is 31.2 Å². The fraction of sp³-hybridized carbons (Fsp3) is 0.462. The maximum atomic E-state index is 7.28. The number of para-hydroxylation sites is 1. The monoisotopic (exact) mass is 235 g/mol. The molecule has 0 saturated heterocycles. The molecule has 4 heteroatoms. The van der Waals surface area contributed by atoms with E-state index in [-0.39, 0.29) is 5.84 Å². The summed E-state index contributed by atoms with van der Waals surface area (Å²) in [5, 5.41) is 7.28. The number of rotatable bonds is 8. The van der Waals surface area contributed by atoms with Crippen molar-refractivity contribution in [3.8, 4) is 0 Å². The first kappa shape index (κ1) is 13.5. The van der Waals surface area contributed by atoms with Gasteiger partial charge in [-0.25, -0.2) is 0 Å². The highest BCUT2D eigenvalue weighted by Crippen LogP contribution is 2.13. The molecule has 0 radical (unpaired) electrons. The second kappa shape index (κ2) is 7.68. The molecule has 0 saturated carbocycles. The lowest BCUT2D eigenvalue weighted by molar-refractivity contribution is 0.154. The van der Waals surface area contributed by atoms with Gasteiger partial charge in [0.25, 0.3) is 0 Å². The zero-order chi connectivity index (χ0) is 12.5. The number of benzene rings is 1. The third-order valence-corrected chi connectivity index (χ3v) is 2.48. The van der Waals surface area contributed by atoms with Crippen LogP contribution < -0.4 is 10.6 Å². The predicted octanol–water partition coefficient (Wildman–Crippen LogP) is 1.86. The van der Waals surface area contributed by atoms with Crippen LogP contribution in [-0.2, 0) is 4.74 Å². The van der Waals surface area contributed by atoms with Crippen LogP contribution in [0.15, 0.2) is 30.3 Å². The second-order valence-electron chi connectivity index (χ2n) is 3.79. The Morgan fingerprint density at radius 1 is 1.29 bits per heavy atom. The molecule has 1 aromatic carbocycles. The summed E-state index contributed by atoms with van der Waals surface area (Å²) in [4.78, 5) is 2.19. The Morgan fingerprint density at radius 2 is 2.00 bits per heavy atom. The van der Waals surface area contributed by atoms with Gasteiger partial charge < -0.3 is 15.4 Å². The first-order valence-corrected chi connectivity index (χ1v) is 5.94. The van der Waals surface area contributed by atoms with Gasteiger partial charge in [-0.2, -0.15) is 0 Å². The van der Waals surface area contributed by atoms with Crippen LogP contribution in [0.1, 0.15) is 13.3 Å². The van der Waals surface area contributed by atoms with E-state index in [1.54, 1.807) is 0 Å². The summed E-state index contributed by atoms with van der Waals surface area (Å²) < 4.78 is 5.37. The van der Waals surface area contributed by atoms with Crippen LogP contribution in [-0.4, -0.2) is 32.1 Å². The highest BCUT2D eigenvalue weighted by molar-refractivity contribution is 5.77. The van der Waals surface area contributed by atoms with Crippen LogP contribution in [0, 0.1) is 5.41 Å². The van der Waals surface area contributed by atoms with E-state index in [0.29, 0.717) is 13.0 Å². The van der Waals surface area contributed by atoms with Crippen molar-refractivity contribution in [2.24, 2.45) is 5.73 Å². The standard InChI is InChI=1S/C13H21N3O/c1-2-17-11-10-16(9-8-13(14)15)12-6-4-3-5-7-12/h3-7H,2,8-11H2,1H3,(H3,14,15).